The van der Waals surface area contributed by atoms with Crippen LogP contribution in [0.25, 0.3) is 88.0 Å². The normalized spacial score (nSPS) is 11.3. The third kappa shape index (κ3) is 4.78. The van der Waals surface area contributed by atoms with Crippen molar-refractivity contribution in [2.45, 2.75) is 0 Å². The molecule has 9 aromatic carbocycles. The van der Waals surface area contributed by atoms with Crippen LogP contribution >= 0.6 is 0 Å². The van der Waals surface area contributed by atoms with Crippen molar-refractivity contribution >= 4 is 32.3 Å². The highest BCUT2D eigenvalue weighted by Gasteiger charge is 2.20. The van der Waals surface area contributed by atoms with Crippen LogP contribution in [0.4, 0.5) is 0 Å². The van der Waals surface area contributed by atoms with Gasteiger partial charge in [-0.1, -0.05) is 182 Å². The molecule has 0 nitrogen and oxygen atoms in total. The highest BCUT2D eigenvalue weighted by Crippen LogP contribution is 2.47. The van der Waals surface area contributed by atoms with Crippen LogP contribution in [0.5, 0.6) is 0 Å². The molecule has 0 spiro atoms. The molecule has 0 heterocycles. The van der Waals surface area contributed by atoms with E-state index in [4.69, 9.17) is 0 Å². The summed E-state index contributed by atoms with van der Waals surface area (Å²) in [7, 11) is 0. The molecule has 0 aliphatic heterocycles. The molecule has 0 bridgehead atoms. The summed E-state index contributed by atoms with van der Waals surface area (Å²) >= 11 is 0. The van der Waals surface area contributed by atoms with Gasteiger partial charge in [-0.05, 0) is 100 Å². The van der Waals surface area contributed by atoms with Crippen LogP contribution in [0.15, 0.2) is 194 Å². The molecule has 0 amide bonds. The van der Waals surface area contributed by atoms with Gasteiger partial charge in [-0.2, -0.15) is 0 Å². The third-order valence-electron chi connectivity index (χ3n) is 9.67. The Bertz CT molecular complexity index is 2530. The number of hydrogen-bond donors (Lipinski definition) is 0. The minimum absolute atomic E-state index is 1.20. The molecule has 0 saturated carbocycles. The first-order valence-electron chi connectivity index (χ1n) is 16.6. The predicted molar refractivity (Wildman–Crippen MR) is 206 cm³/mol. The summed E-state index contributed by atoms with van der Waals surface area (Å²) in [6.45, 7) is 0. The van der Waals surface area contributed by atoms with Gasteiger partial charge in [-0.15, -0.1) is 0 Å². The topological polar surface area (TPSA) is 0 Å². The second-order valence-corrected chi connectivity index (χ2v) is 12.4. The van der Waals surface area contributed by atoms with Crippen molar-refractivity contribution in [1.29, 1.82) is 0 Å². The summed E-state index contributed by atoms with van der Waals surface area (Å²) in [4.78, 5) is 0. The quantitative estimate of drug-likeness (QED) is 0.171. The van der Waals surface area contributed by atoms with Crippen LogP contribution in [0, 0.1) is 0 Å². The average Bonchev–Trinajstić information content (AvgIpc) is 3.17. The lowest BCUT2D eigenvalue weighted by Gasteiger charge is -2.21. The van der Waals surface area contributed by atoms with Crippen molar-refractivity contribution in [3.8, 4) is 55.6 Å². The van der Waals surface area contributed by atoms with Crippen LogP contribution in [0.1, 0.15) is 0 Å². The first kappa shape index (κ1) is 28.0. The molecule has 0 radical (unpaired) electrons. The molecule has 0 aromatic heterocycles. The van der Waals surface area contributed by atoms with Gasteiger partial charge < -0.3 is 0 Å². The van der Waals surface area contributed by atoms with E-state index in [9.17, 15) is 0 Å². The van der Waals surface area contributed by atoms with Crippen LogP contribution in [0.3, 0.4) is 0 Å². The number of benzene rings is 9. The Morgan fingerprint density at radius 2 is 0.667 bits per heavy atom. The van der Waals surface area contributed by atoms with E-state index in [-0.39, 0.29) is 0 Å². The van der Waals surface area contributed by atoms with Gasteiger partial charge in [0.15, 0.2) is 0 Å². The monoisotopic (exact) mass is 608 g/mol. The molecule has 224 valence electrons. The predicted octanol–water partition coefficient (Wildman–Crippen LogP) is 13.5. The Labute approximate surface area is 281 Å². The summed E-state index contributed by atoms with van der Waals surface area (Å²) in [5.74, 6) is 0. The summed E-state index contributed by atoms with van der Waals surface area (Å²) in [6, 6.07) is 70.8. The van der Waals surface area contributed by atoms with Crippen molar-refractivity contribution in [3.63, 3.8) is 0 Å². The number of fused-ring (bicyclic) bond motifs is 3. The fourth-order valence-corrected chi connectivity index (χ4v) is 7.47. The Balaban J connectivity index is 1.38. The van der Waals surface area contributed by atoms with E-state index < -0.39 is 0 Å². The van der Waals surface area contributed by atoms with E-state index >= 15 is 0 Å². The van der Waals surface area contributed by atoms with E-state index in [1.807, 2.05) is 0 Å². The molecule has 48 heavy (non-hydrogen) atoms. The van der Waals surface area contributed by atoms with Gasteiger partial charge in [0.25, 0.3) is 0 Å². The Morgan fingerprint density at radius 1 is 0.208 bits per heavy atom. The summed E-state index contributed by atoms with van der Waals surface area (Å²) in [5, 5.41) is 7.54. The van der Waals surface area contributed by atoms with Crippen molar-refractivity contribution in [2.24, 2.45) is 0 Å². The van der Waals surface area contributed by atoms with Crippen LogP contribution < -0.4 is 0 Å². The molecule has 0 saturated heterocycles. The minimum Gasteiger partial charge on any atom is -0.0622 e. The zero-order valence-electron chi connectivity index (χ0n) is 26.5. The van der Waals surface area contributed by atoms with Crippen molar-refractivity contribution < 1.29 is 0 Å². The minimum atomic E-state index is 1.20. The Hall–Kier alpha value is -6.24. The third-order valence-corrected chi connectivity index (χ3v) is 9.67. The maximum Gasteiger partial charge on any atom is -0.00199 e. The van der Waals surface area contributed by atoms with E-state index in [1.165, 1.54) is 88.0 Å². The molecule has 0 aliphatic carbocycles. The van der Waals surface area contributed by atoms with Gasteiger partial charge in [-0.25, -0.2) is 0 Å². The average molecular weight is 609 g/mol. The highest BCUT2D eigenvalue weighted by molar-refractivity contribution is 6.23. The molecule has 0 N–H and O–H groups in total. The Morgan fingerprint density at radius 3 is 1.33 bits per heavy atom. The van der Waals surface area contributed by atoms with Gasteiger partial charge in [0.1, 0.15) is 0 Å². The molecule has 0 fully saturated rings. The SMILES string of the molecule is c1ccc(-c2cccc(-c3ccc(-c4cccc5ccccc45)c(-c4c5ccccc5c(-c5ccccc5)c5ccccc45)c3)c2)cc1. The fourth-order valence-electron chi connectivity index (χ4n) is 7.47. The molecule has 0 heteroatoms. The van der Waals surface area contributed by atoms with E-state index in [0.717, 1.165) is 0 Å². The highest BCUT2D eigenvalue weighted by atomic mass is 14.2. The first-order chi connectivity index (χ1) is 23.8. The largest absolute Gasteiger partial charge is 0.0622 e. The van der Waals surface area contributed by atoms with E-state index in [0.29, 0.717) is 0 Å². The van der Waals surface area contributed by atoms with Crippen LogP contribution in [-0.2, 0) is 0 Å². The van der Waals surface area contributed by atoms with Gasteiger partial charge >= 0.3 is 0 Å². The van der Waals surface area contributed by atoms with E-state index in [1.54, 1.807) is 0 Å². The van der Waals surface area contributed by atoms with Crippen molar-refractivity contribution in [2.75, 3.05) is 0 Å². The Kier molecular flexibility index (Phi) is 6.91. The number of hydrogen-bond acceptors (Lipinski definition) is 0. The lowest BCUT2D eigenvalue weighted by Crippen LogP contribution is -1.94. The van der Waals surface area contributed by atoms with Gasteiger partial charge in [0, 0.05) is 0 Å². The summed E-state index contributed by atoms with van der Waals surface area (Å²) in [5.41, 5.74) is 12.3. The van der Waals surface area contributed by atoms with Crippen molar-refractivity contribution in [3.05, 3.63) is 194 Å². The maximum atomic E-state index is 2.43. The summed E-state index contributed by atoms with van der Waals surface area (Å²) < 4.78 is 0. The smallest absolute Gasteiger partial charge is 0.00199 e. The second kappa shape index (κ2) is 11.8. The van der Waals surface area contributed by atoms with Crippen molar-refractivity contribution in [1.82, 2.24) is 0 Å². The fraction of sp³-hybridized carbons (Fsp3) is 0. The first-order valence-corrected chi connectivity index (χ1v) is 16.6. The zero-order chi connectivity index (χ0) is 31.9. The molecule has 9 rings (SSSR count). The molecular formula is C48H32. The molecule has 0 aliphatic rings. The maximum absolute atomic E-state index is 2.43. The van der Waals surface area contributed by atoms with Gasteiger partial charge in [0.2, 0.25) is 0 Å². The van der Waals surface area contributed by atoms with E-state index in [2.05, 4.69) is 194 Å². The molecule has 9 aromatic rings. The van der Waals surface area contributed by atoms with Crippen LogP contribution in [-0.4, -0.2) is 0 Å². The second-order valence-electron chi connectivity index (χ2n) is 12.4. The number of rotatable bonds is 5. The lowest BCUT2D eigenvalue weighted by atomic mass is 9.82. The zero-order valence-corrected chi connectivity index (χ0v) is 26.5. The van der Waals surface area contributed by atoms with Crippen LogP contribution in [0.2, 0.25) is 0 Å². The van der Waals surface area contributed by atoms with Gasteiger partial charge in [-0.3, -0.25) is 0 Å². The van der Waals surface area contributed by atoms with Gasteiger partial charge in [0.05, 0.1) is 0 Å². The molecule has 0 atom stereocenters. The molecular weight excluding hydrogens is 577 g/mol. The lowest BCUT2D eigenvalue weighted by molar-refractivity contribution is 1.58. The summed E-state index contributed by atoms with van der Waals surface area (Å²) in [6.07, 6.45) is 0. The molecule has 0 unspecified atom stereocenters. The standard InChI is InChI=1S/C48H32/c1-3-15-33(16-4-1)36-21-13-22-37(31-36)38-29-30-41(40-28-14-20-34-17-7-8-23-39(34)40)46(32-38)48-44-26-11-9-24-42(44)47(35-18-5-2-6-19-35)43-25-10-12-27-45(43)48/h1-32H.